The van der Waals surface area contributed by atoms with Gasteiger partial charge in [0.15, 0.2) is 0 Å². The molecule has 1 unspecified atom stereocenters. The largest absolute Gasteiger partial charge is 0.381 e. The zero-order chi connectivity index (χ0) is 11.6. The molecule has 1 heterocycles. The van der Waals surface area contributed by atoms with E-state index < -0.39 is 0 Å². The van der Waals surface area contributed by atoms with E-state index in [9.17, 15) is 0 Å². The normalized spacial score (nSPS) is 21.8. The predicted octanol–water partition coefficient (Wildman–Crippen LogP) is 2.12. The smallest absolute Gasteiger partial charge is 0.0714 e. The fraction of sp³-hybridized carbons (Fsp3) is 0.923. The molecule has 16 heavy (non-hydrogen) atoms. The Kier molecular flexibility index (Phi) is 7.81. The molecule has 0 aliphatic carbocycles. The lowest BCUT2D eigenvalue weighted by molar-refractivity contribution is 0.0381. The highest BCUT2D eigenvalue weighted by Crippen LogP contribution is 2.12. The van der Waals surface area contributed by atoms with E-state index in [-0.39, 0.29) is 0 Å². The topological polar surface area (TPSA) is 21.7 Å². The summed E-state index contributed by atoms with van der Waals surface area (Å²) in [5, 5.41) is 0. The maximum Gasteiger partial charge on any atom is 0.0714 e. The highest BCUT2D eigenvalue weighted by molar-refractivity contribution is 4.75. The van der Waals surface area contributed by atoms with E-state index in [2.05, 4.69) is 18.7 Å². The van der Waals surface area contributed by atoms with Crippen molar-refractivity contribution in [3.05, 3.63) is 6.92 Å². The molecule has 0 aromatic carbocycles. The summed E-state index contributed by atoms with van der Waals surface area (Å²) in [6.07, 6.45) is 4.74. The number of likely N-dealkylation sites (tertiary alicyclic amines) is 1. The van der Waals surface area contributed by atoms with Gasteiger partial charge < -0.3 is 14.4 Å². The molecule has 0 saturated carbocycles. The van der Waals surface area contributed by atoms with Crippen molar-refractivity contribution in [3.63, 3.8) is 0 Å². The van der Waals surface area contributed by atoms with Gasteiger partial charge >= 0.3 is 0 Å². The molecule has 1 aliphatic rings. The molecule has 0 bridgehead atoms. The Balaban J connectivity index is 1.90. The Morgan fingerprint density at radius 3 is 2.94 bits per heavy atom. The monoisotopic (exact) mass is 228 g/mol. The van der Waals surface area contributed by atoms with Gasteiger partial charge in [0.2, 0.25) is 0 Å². The molecule has 1 aliphatic heterocycles. The molecule has 0 aromatic heterocycles. The van der Waals surface area contributed by atoms with E-state index >= 15 is 0 Å². The van der Waals surface area contributed by atoms with Crippen LogP contribution in [0.1, 0.15) is 32.6 Å². The van der Waals surface area contributed by atoms with Gasteiger partial charge in [-0.3, -0.25) is 0 Å². The van der Waals surface area contributed by atoms with Crippen molar-refractivity contribution >= 4 is 0 Å². The molecule has 0 N–H and O–H groups in total. The third-order valence-corrected chi connectivity index (χ3v) is 2.84. The fourth-order valence-corrected chi connectivity index (χ4v) is 2.02. The predicted molar refractivity (Wildman–Crippen MR) is 66.5 cm³/mol. The summed E-state index contributed by atoms with van der Waals surface area (Å²) in [5.41, 5.74) is 0. The van der Waals surface area contributed by atoms with E-state index in [1.54, 1.807) is 0 Å². The minimum atomic E-state index is 0.442. The Morgan fingerprint density at radius 2 is 2.19 bits per heavy atom. The van der Waals surface area contributed by atoms with Crippen LogP contribution < -0.4 is 0 Å². The quantitative estimate of drug-likeness (QED) is 0.564. The first-order valence-electron chi connectivity index (χ1n) is 6.57. The number of ether oxygens (including phenoxy) is 2. The van der Waals surface area contributed by atoms with Crippen molar-refractivity contribution in [1.82, 2.24) is 4.90 Å². The highest BCUT2D eigenvalue weighted by atomic mass is 16.5. The molecule has 1 rings (SSSR count). The molecule has 1 radical (unpaired) electrons. The molecule has 1 fully saturated rings. The maximum atomic E-state index is 5.82. The lowest BCUT2D eigenvalue weighted by atomic mass is 10.3. The van der Waals surface area contributed by atoms with Gasteiger partial charge in [-0.15, -0.1) is 0 Å². The van der Waals surface area contributed by atoms with Gasteiger partial charge in [-0.25, -0.2) is 0 Å². The van der Waals surface area contributed by atoms with Crippen LogP contribution in [-0.2, 0) is 9.47 Å². The summed E-state index contributed by atoms with van der Waals surface area (Å²) < 4.78 is 11.2. The van der Waals surface area contributed by atoms with Crippen LogP contribution in [0.15, 0.2) is 0 Å². The van der Waals surface area contributed by atoms with Gasteiger partial charge in [-0.05, 0) is 32.2 Å². The van der Waals surface area contributed by atoms with Crippen LogP contribution in [0.4, 0.5) is 0 Å². The molecular formula is C13H26NO2. The minimum absolute atomic E-state index is 0.442. The van der Waals surface area contributed by atoms with Crippen molar-refractivity contribution in [3.8, 4) is 0 Å². The van der Waals surface area contributed by atoms with E-state index in [0.717, 1.165) is 52.2 Å². The summed E-state index contributed by atoms with van der Waals surface area (Å²) >= 11 is 0. The second-order valence-corrected chi connectivity index (χ2v) is 4.40. The first-order chi connectivity index (χ1) is 7.86. The standard InChI is InChI=1S/C13H26NO2/c1-3-7-14-8-6-13(12-14)16-11-5-10-15-9-4-2/h13H,1,3-12H2,2H3. The van der Waals surface area contributed by atoms with Crippen LogP contribution in [0.2, 0.25) is 0 Å². The van der Waals surface area contributed by atoms with Crippen molar-refractivity contribution in [2.75, 3.05) is 39.5 Å². The second kappa shape index (κ2) is 8.97. The molecule has 0 spiro atoms. The van der Waals surface area contributed by atoms with Crippen LogP contribution in [0, 0.1) is 6.92 Å². The Morgan fingerprint density at radius 1 is 1.31 bits per heavy atom. The number of hydrogen-bond donors (Lipinski definition) is 0. The van der Waals surface area contributed by atoms with Crippen LogP contribution in [0.5, 0.6) is 0 Å². The first kappa shape index (κ1) is 13.9. The average Bonchev–Trinajstić information content (AvgIpc) is 2.72. The SMILES string of the molecule is [CH2]CCN1CCC(OCCCOCCC)C1. The van der Waals surface area contributed by atoms with Crippen LogP contribution in [-0.4, -0.2) is 50.5 Å². The number of rotatable bonds is 9. The van der Waals surface area contributed by atoms with Crippen LogP contribution in [0.25, 0.3) is 0 Å². The van der Waals surface area contributed by atoms with Crippen molar-refractivity contribution in [2.24, 2.45) is 0 Å². The number of nitrogens with zero attached hydrogens (tertiary/aromatic N) is 1. The van der Waals surface area contributed by atoms with Crippen LogP contribution >= 0.6 is 0 Å². The molecule has 1 atom stereocenters. The highest BCUT2D eigenvalue weighted by Gasteiger charge is 2.21. The summed E-state index contributed by atoms with van der Waals surface area (Å²) in [5.74, 6) is 0. The van der Waals surface area contributed by atoms with Gasteiger partial charge in [-0.1, -0.05) is 13.8 Å². The fourth-order valence-electron chi connectivity index (χ4n) is 2.02. The van der Waals surface area contributed by atoms with Gasteiger partial charge in [-0.2, -0.15) is 0 Å². The minimum Gasteiger partial charge on any atom is -0.381 e. The van der Waals surface area contributed by atoms with Gasteiger partial charge in [0.05, 0.1) is 6.10 Å². The second-order valence-electron chi connectivity index (χ2n) is 4.40. The van der Waals surface area contributed by atoms with Gasteiger partial charge in [0.25, 0.3) is 0 Å². The Bertz CT molecular complexity index is 164. The van der Waals surface area contributed by atoms with Crippen LogP contribution in [0.3, 0.4) is 0 Å². The lowest BCUT2D eigenvalue weighted by Crippen LogP contribution is -2.24. The third kappa shape index (κ3) is 5.83. The Hall–Kier alpha value is -0.120. The van der Waals surface area contributed by atoms with Crippen molar-refractivity contribution in [1.29, 1.82) is 0 Å². The Labute approximate surface area is 100 Å². The molecule has 3 nitrogen and oxygen atoms in total. The molecule has 1 saturated heterocycles. The lowest BCUT2D eigenvalue weighted by Gasteiger charge is -2.15. The molecule has 95 valence electrons. The molecule has 3 heteroatoms. The third-order valence-electron chi connectivity index (χ3n) is 2.84. The summed E-state index contributed by atoms with van der Waals surface area (Å²) in [4.78, 5) is 2.44. The molecular weight excluding hydrogens is 202 g/mol. The van der Waals surface area contributed by atoms with E-state index in [1.807, 2.05) is 0 Å². The first-order valence-corrected chi connectivity index (χ1v) is 6.57. The molecule has 0 aromatic rings. The summed E-state index contributed by atoms with van der Waals surface area (Å²) in [7, 11) is 0. The average molecular weight is 228 g/mol. The zero-order valence-corrected chi connectivity index (χ0v) is 10.6. The van der Waals surface area contributed by atoms with Crippen molar-refractivity contribution < 1.29 is 9.47 Å². The number of hydrogen-bond acceptors (Lipinski definition) is 3. The summed E-state index contributed by atoms with van der Waals surface area (Å²) in [6, 6.07) is 0. The van der Waals surface area contributed by atoms with E-state index in [4.69, 9.17) is 9.47 Å². The van der Waals surface area contributed by atoms with Gasteiger partial charge in [0, 0.05) is 32.9 Å². The van der Waals surface area contributed by atoms with E-state index in [1.165, 1.54) is 13.0 Å². The maximum absolute atomic E-state index is 5.82. The molecule has 0 amide bonds. The van der Waals surface area contributed by atoms with E-state index in [0.29, 0.717) is 6.10 Å². The van der Waals surface area contributed by atoms with Gasteiger partial charge in [0.1, 0.15) is 0 Å². The van der Waals surface area contributed by atoms with Crippen molar-refractivity contribution in [2.45, 2.75) is 38.7 Å². The summed E-state index contributed by atoms with van der Waals surface area (Å²) in [6.45, 7) is 11.9. The zero-order valence-electron chi connectivity index (χ0n) is 10.6.